The van der Waals surface area contributed by atoms with Crippen molar-refractivity contribution in [3.63, 3.8) is 0 Å². The molecule has 39 heavy (non-hydrogen) atoms. The monoisotopic (exact) mass is 552 g/mol. The molecular formula is C30H31ClF2N4O2. The highest BCUT2D eigenvalue weighted by Crippen LogP contribution is 2.41. The summed E-state index contributed by atoms with van der Waals surface area (Å²) >= 11 is 6.61. The van der Waals surface area contributed by atoms with Crippen molar-refractivity contribution >= 4 is 23.6 Å². The lowest BCUT2D eigenvalue weighted by atomic mass is 9.94. The number of carbonyl (C=O) groups excluding carboxylic acids is 1. The SMILES string of the molecule is CC(C)(C)OC(=O)N1CC[C@H](Cc2c(-c3ccccc3Cl)cc3cnc(NCc4ccc(F)c(F)c4)[nH]c2-3)C1. The van der Waals surface area contributed by atoms with Crippen LogP contribution >= 0.6 is 11.6 Å². The standard InChI is InChI=1S/C30H31ClF2N4O2/c1-30(2,3)39-29(38)37-11-10-19(17-37)12-23-22(21-6-4-5-7-24(21)31)14-20-16-35-28(36-27(20)23)34-15-18-8-9-25(32)26(33)13-18/h4-9,13-14,16,19H,10-12,15,17H2,1-3H3,(H2,34,35,36)/t19-/m1/s1. The zero-order chi connectivity index (χ0) is 27.7. The lowest BCUT2D eigenvalue weighted by molar-refractivity contribution is 0.0288. The summed E-state index contributed by atoms with van der Waals surface area (Å²) in [6, 6.07) is 13.6. The van der Waals surface area contributed by atoms with E-state index in [1.807, 2.05) is 45.0 Å². The molecule has 1 aliphatic carbocycles. The van der Waals surface area contributed by atoms with Crippen LogP contribution < -0.4 is 5.32 Å². The molecule has 2 aromatic rings. The zero-order valence-electron chi connectivity index (χ0n) is 22.2. The molecule has 1 saturated heterocycles. The topological polar surface area (TPSA) is 70.2 Å². The molecule has 0 bridgehead atoms. The number of halogens is 3. The number of hydrogen-bond acceptors (Lipinski definition) is 4. The number of amides is 1. The third-order valence-corrected chi connectivity index (χ3v) is 7.16. The Bertz CT molecular complexity index is 1470. The van der Waals surface area contributed by atoms with Crippen LogP contribution in [0.4, 0.5) is 19.5 Å². The van der Waals surface area contributed by atoms with E-state index in [0.717, 1.165) is 46.9 Å². The van der Waals surface area contributed by atoms with Gasteiger partial charge in [0.1, 0.15) is 5.60 Å². The third-order valence-electron chi connectivity index (χ3n) is 6.83. The Morgan fingerprint density at radius 2 is 1.95 bits per heavy atom. The van der Waals surface area contributed by atoms with Crippen LogP contribution in [0.1, 0.15) is 38.3 Å². The normalized spacial score (nSPS) is 15.6. The zero-order valence-corrected chi connectivity index (χ0v) is 22.9. The minimum absolute atomic E-state index is 0.240. The molecule has 204 valence electrons. The molecule has 0 saturated carbocycles. The molecule has 1 amide bonds. The summed E-state index contributed by atoms with van der Waals surface area (Å²) in [6.45, 7) is 7.13. The number of anilines is 1. The molecule has 1 atom stereocenters. The van der Waals surface area contributed by atoms with Crippen molar-refractivity contribution in [3.8, 4) is 22.4 Å². The van der Waals surface area contributed by atoms with E-state index in [9.17, 15) is 13.6 Å². The van der Waals surface area contributed by atoms with E-state index >= 15 is 0 Å². The van der Waals surface area contributed by atoms with Crippen molar-refractivity contribution < 1.29 is 18.3 Å². The second-order valence-electron chi connectivity index (χ2n) is 11.0. The van der Waals surface area contributed by atoms with Crippen LogP contribution in [0.2, 0.25) is 5.02 Å². The van der Waals surface area contributed by atoms with E-state index in [1.165, 1.54) is 12.1 Å². The fourth-order valence-corrected chi connectivity index (χ4v) is 5.23. The van der Waals surface area contributed by atoms with Crippen LogP contribution in [0.15, 0.2) is 54.7 Å². The van der Waals surface area contributed by atoms with Crippen molar-refractivity contribution in [1.29, 1.82) is 0 Å². The highest BCUT2D eigenvalue weighted by atomic mass is 35.5. The molecule has 2 heterocycles. The third kappa shape index (κ3) is 6.17. The number of aromatic amines is 1. The number of aromatic nitrogens is 2. The van der Waals surface area contributed by atoms with E-state index in [1.54, 1.807) is 11.1 Å². The van der Waals surface area contributed by atoms with E-state index in [4.69, 9.17) is 16.3 Å². The quantitative estimate of drug-likeness (QED) is 0.259. The van der Waals surface area contributed by atoms with Crippen molar-refractivity contribution in [2.75, 3.05) is 18.4 Å². The summed E-state index contributed by atoms with van der Waals surface area (Å²) in [5.74, 6) is -1.02. The van der Waals surface area contributed by atoms with Gasteiger partial charge < -0.3 is 19.9 Å². The number of nitrogens with zero attached hydrogens (tertiary/aromatic N) is 2. The lowest BCUT2D eigenvalue weighted by Gasteiger charge is -2.24. The first kappa shape index (κ1) is 26.9. The molecule has 2 aliphatic heterocycles. The van der Waals surface area contributed by atoms with Gasteiger partial charge in [-0.05, 0) is 80.5 Å². The number of hydrogen-bond donors (Lipinski definition) is 2. The van der Waals surface area contributed by atoms with Crippen molar-refractivity contribution in [3.05, 3.63) is 82.5 Å². The Morgan fingerprint density at radius 1 is 1.15 bits per heavy atom. The molecule has 9 heteroatoms. The minimum atomic E-state index is -0.888. The molecule has 0 aromatic heterocycles. The average molecular weight is 553 g/mol. The van der Waals surface area contributed by atoms with Gasteiger partial charge in [0.25, 0.3) is 0 Å². The highest BCUT2D eigenvalue weighted by Gasteiger charge is 2.32. The largest absolute Gasteiger partial charge is 0.444 e. The van der Waals surface area contributed by atoms with Crippen molar-refractivity contribution in [2.24, 2.45) is 5.92 Å². The van der Waals surface area contributed by atoms with Gasteiger partial charge in [0.05, 0.1) is 5.69 Å². The smallest absolute Gasteiger partial charge is 0.410 e. The van der Waals surface area contributed by atoms with Gasteiger partial charge in [-0.3, -0.25) is 0 Å². The second kappa shape index (κ2) is 10.8. The summed E-state index contributed by atoms with van der Waals surface area (Å²) in [5, 5.41) is 3.83. The van der Waals surface area contributed by atoms with Gasteiger partial charge in [-0.15, -0.1) is 0 Å². The number of ether oxygens (including phenoxy) is 1. The predicted molar refractivity (Wildman–Crippen MR) is 149 cm³/mol. The number of benzene rings is 2. The summed E-state index contributed by atoms with van der Waals surface area (Å²) in [4.78, 5) is 22.3. The Hall–Kier alpha value is -3.65. The van der Waals surface area contributed by atoms with Crippen LogP contribution in [0.5, 0.6) is 0 Å². The van der Waals surface area contributed by atoms with E-state index in [-0.39, 0.29) is 18.6 Å². The van der Waals surface area contributed by atoms with Gasteiger partial charge in [-0.1, -0.05) is 35.9 Å². The van der Waals surface area contributed by atoms with Gasteiger partial charge in [-0.2, -0.15) is 0 Å². The van der Waals surface area contributed by atoms with Crippen LogP contribution in [0, 0.1) is 17.6 Å². The fourth-order valence-electron chi connectivity index (χ4n) is 5.00. The summed E-state index contributed by atoms with van der Waals surface area (Å²) in [5.41, 5.74) is 4.94. The number of likely N-dealkylation sites (tertiary alicyclic amines) is 1. The predicted octanol–water partition coefficient (Wildman–Crippen LogP) is 7.52. The molecule has 0 radical (unpaired) electrons. The van der Waals surface area contributed by atoms with Crippen molar-refractivity contribution in [1.82, 2.24) is 14.9 Å². The average Bonchev–Trinajstić information content (AvgIpc) is 3.49. The number of rotatable bonds is 6. The lowest BCUT2D eigenvalue weighted by Crippen LogP contribution is -2.35. The molecular weight excluding hydrogens is 522 g/mol. The molecule has 2 N–H and O–H groups in total. The highest BCUT2D eigenvalue weighted by molar-refractivity contribution is 6.33. The maximum absolute atomic E-state index is 13.6. The number of fused-ring (bicyclic) bond motifs is 1. The Balaban J connectivity index is 1.43. The van der Waals surface area contributed by atoms with Crippen LogP contribution in [-0.2, 0) is 17.7 Å². The second-order valence-corrected chi connectivity index (χ2v) is 11.4. The Labute approximate surface area is 231 Å². The molecule has 5 rings (SSSR count). The van der Waals surface area contributed by atoms with Gasteiger partial charge in [0.15, 0.2) is 11.6 Å². The van der Waals surface area contributed by atoms with Crippen LogP contribution in [0.3, 0.4) is 0 Å². The fraction of sp³-hybridized carbons (Fsp3) is 0.333. The molecule has 0 spiro atoms. The number of carbonyl (C=O) groups is 1. The molecule has 1 fully saturated rings. The van der Waals surface area contributed by atoms with E-state index in [2.05, 4.69) is 21.4 Å². The van der Waals surface area contributed by atoms with Gasteiger partial charge in [0, 0.05) is 42.0 Å². The van der Waals surface area contributed by atoms with Crippen LogP contribution in [-0.4, -0.2) is 39.7 Å². The molecule has 0 unspecified atom stereocenters. The van der Waals surface area contributed by atoms with E-state index in [0.29, 0.717) is 29.6 Å². The first-order valence-electron chi connectivity index (χ1n) is 13.0. The summed E-state index contributed by atoms with van der Waals surface area (Å²) < 4.78 is 32.5. The molecule has 3 aliphatic rings. The number of nitrogens with one attached hydrogen (secondary N) is 2. The van der Waals surface area contributed by atoms with Crippen LogP contribution in [0.25, 0.3) is 22.4 Å². The van der Waals surface area contributed by atoms with E-state index < -0.39 is 17.2 Å². The molecule has 2 aromatic carbocycles. The van der Waals surface area contributed by atoms with Crippen molar-refractivity contribution in [2.45, 2.75) is 45.8 Å². The summed E-state index contributed by atoms with van der Waals surface area (Å²) in [6.07, 6.45) is 3.08. The Morgan fingerprint density at radius 3 is 2.69 bits per heavy atom. The van der Waals surface area contributed by atoms with Gasteiger partial charge >= 0.3 is 6.09 Å². The first-order chi connectivity index (χ1) is 18.6. The Kier molecular flexibility index (Phi) is 7.49. The minimum Gasteiger partial charge on any atom is -0.444 e. The maximum Gasteiger partial charge on any atom is 0.410 e. The maximum atomic E-state index is 13.6. The molecule has 6 nitrogen and oxygen atoms in total. The first-order valence-corrected chi connectivity index (χ1v) is 13.4. The summed E-state index contributed by atoms with van der Waals surface area (Å²) in [7, 11) is 0. The number of H-pyrrole nitrogens is 1. The van der Waals surface area contributed by atoms with Gasteiger partial charge in [0.2, 0.25) is 5.95 Å². The van der Waals surface area contributed by atoms with Gasteiger partial charge in [-0.25, -0.2) is 18.6 Å².